The molecule has 0 amide bonds. The molecule has 0 radical (unpaired) electrons. The van der Waals surface area contributed by atoms with Crippen molar-refractivity contribution < 1.29 is 19.4 Å². The number of hydrogen-bond acceptors (Lipinski definition) is 4. The first-order valence-corrected chi connectivity index (χ1v) is 7.23. The molecule has 21 heavy (non-hydrogen) atoms. The molecule has 0 bridgehead atoms. The number of aliphatic carboxylic acids is 1. The number of carbonyl (C=O) groups is 1. The van der Waals surface area contributed by atoms with Gasteiger partial charge in [-0.15, -0.1) is 0 Å². The van der Waals surface area contributed by atoms with Gasteiger partial charge in [0.2, 0.25) is 0 Å². The smallest absolute Gasteiger partial charge is 0.323 e. The summed E-state index contributed by atoms with van der Waals surface area (Å²) in [6, 6.07) is 5.61. The zero-order chi connectivity index (χ0) is 16.0. The second-order valence-corrected chi connectivity index (χ2v) is 5.39. The van der Waals surface area contributed by atoms with Crippen molar-refractivity contribution in [3.63, 3.8) is 0 Å². The number of ether oxygens (including phenoxy) is 2. The summed E-state index contributed by atoms with van der Waals surface area (Å²) in [5.74, 6) is 0.429. The fourth-order valence-electron chi connectivity index (χ4n) is 2.29. The summed E-state index contributed by atoms with van der Waals surface area (Å²) in [6.07, 6.45) is 0.317. The first-order chi connectivity index (χ1) is 9.81. The average Bonchev–Trinajstić information content (AvgIpc) is 2.40. The lowest BCUT2D eigenvalue weighted by atomic mass is 9.86. The molecule has 0 aliphatic carbocycles. The summed E-state index contributed by atoms with van der Waals surface area (Å²) in [4.78, 5) is 11.2. The third-order valence-electron chi connectivity index (χ3n) is 3.34. The molecule has 2 unspecified atom stereocenters. The number of carboxylic acids is 1. The van der Waals surface area contributed by atoms with E-state index in [1.165, 1.54) is 6.92 Å². The second-order valence-electron chi connectivity index (χ2n) is 5.39. The second kappa shape index (κ2) is 7.31. The highest BCUT2D eigenvalue weighted by atomic mass is 16.5. The zero-order valence-corrected chi connectivity index (χ0v) is 13.2. The van der Waals surface area contributed by atoms with Gasteiger partial charge < -0.3 is 20.3 Å². The minimum absolute atomic E-state index is 0.0574. The summed E-state index contributed by atoms with van der Waals surface area (Å²) in [7, 11) is 0. The molecule has 5 heteroatoms. The third kappa shape index (κ3) is 4.63. The Morgan fingerprint density at radius 1 is 1.33 bits per heavy atom. The molecule has 0 saturated heterocycles. The van der Waals surface area contributed by atoms with Gasteiger partial charge in [0.05, 0.1) is 13.2 Å². The van der Waals surface area contributed by atoms with E-state index in [0.717, 1.165) is 17.1 Å². The van der Waals surface area contributed by atoms with Crippen LogP contribution in [0.25, 0.3) is 0 Å². The van der Waals surface area contributed by atoms with E-state index in [2.05, 4.69) is 0 Å². The maximum Gasteiger partial charge on any atom is 0.323 e. The van der Waals surface area contributed by atoms with E-state index in [-0.39, 0.29) is 5.92 Å². The molecule has 0 spiro atoms. The predicted molar refractivity (Wildman–Crippen MR) is 82.0 cm³/mol. The topological polar surface area (TPSA) is 81.8 Å². The van der Waals surface area contributed by atoms with E-state index in [1.807, 2.05) is 39.0 Å². The van der Waals surface area contributed by atoms with Crippen molar-refractivity contribution in [2.24, 2.45) is 5.73 Å². The van der Waals surface area contributed by atoms with Crippen LogP contribution < -0.4 is 15.2 Å². The fourth-order valence-corrected chi connectivity index (χ4v) is 2.29. The normalized spacial score (nSPS) is 15.1. The number of rotatable bonds is 8. The first-order valence-electron chi connectivity index (χ1n) is 7.23. The number of benzene rings is 1. The van der Waals surface area contributed by atoms with Crippen LogP contribution in [0, 0.1) is 0 Å². The van der Waals surface area contributed by atoms with Crippen molar-refractivity contribution >= 4 is 5.97 Å². The van der Waals surface area contributed by atoms with Gasteiger partial charge in [0.15, 0.2) is 0 Å². The highest BCUT2D eigenvalue weighted by molar-refractivity contribution is 5.78. The fraction of sp³-hybridized carbons (Fsp3) is 0.562. The van der Waals surface area contributed by atoms with Gasteiger partial charge in [0.1, 0.15) is 17.0 Å². The highest BCUT2D eigenvalue weighted by Gasteiger charge is 2.31. The summed E-state index contributed by atoms with van der Waals surface area (Å²) in [6.45, 7) is 8.42. The Morgan fingerprint density at radius 2 is 1.95 bits per heavy atom. The van der Waals surface area contributed by atoms with Gasteiger partial charge in [-0.1, -0.05) is 6.92 Å². The van der Waals surface area contributed by atoms with Gasteiger partial charge in [-0.3, -0.25) is 4.79 Å². The van der Waals surface area contributed by atoms with Crippen LogP contribution in [-0.4, -0.2) is 29.8 Å². The zero-order valence-electron chi connectivity index (χ0n) is 13.2. The van der Waals surface area contributed by atoms with Crippen molar-refractivity contribution in [2.45, 2.75) is 45.6 Å². The molecule has 1 rings (SSSR count). The van der Waals surface area contributed by atoms with Gasteiger partial charge in [-0.25, -0.2) is 0 Å². The van der Waals surface area contributed by atoms with Crippen molar-refractivity contribution in [1.29, 1.82) is 0 Å². The standard InChI is InChI=1S/C16H25NO4/c1-5-20-12-7-8-14(21-6-2)13(9-12)11(3)10-16(4,17)15(18)19/h7-9,11H,5-6,10,17H2,1-4H3,(H,18,19). The summed E-state index contributed by atoms with van der Waals surface area (Å²) >= 11 is 0. The van der Waals surface area contributed by atoms with Crippen molar-refractivity contribution in [3.8, 4) is 11.5 Å². The van der Waals surface area contributed by atoms with Crippen molar-refractivity contribution in [2.75, 3.05) is 13.2 Å². The monoisotopic (exact) mass is 295 g/mol. The lowest BCUT2D eigenvalue weighted by Crippen LogP contribution is -2.45. The van der Waals surface area contributed by atoms with Crippen molar-refractivity contribution in [1.82, 2.24) is 0 Å². The number of carboxylic acid groups (broad SMARTS) is 1. The van der Waals surface area contributed by atoms with Crippen LogP contribution in [0.5, 0.6) is 11.5 Å². The summed E-state index contributed by atoms with van der Waals surface area (Å²) in [5.41, 5.74) is 5.49. The largest absolute Gasteiger partial charge is 0.494 e. The van der Waals surface area contributed by atoms with E-state index >= 15 is 0 Å². The molecule has 2 atom stereocenters. The van der Waals surface area contributed by atoms with Crippen LogP contribution >= 0.6 is 0 Å². The average molecular weight is 295 g/mol. The molecule has 0 aromatic heterocycles. The minimum Gasteiger partial charge on any atom is -0.494 e. The van der Waals surface area contributed by atoms with Gasteiger partial charge >= 0.3 is 5.97 Å². The Bertz CT molecular complexity index is 485. The van der Waals surface area contributed by atoms with E-state index in [9.17, 15) is 4.79 Å². The Labute approximate surface area is 126 Å². The molecular weight excluding hydrogens is 270 g/mol. The molecule has 1 aromatic rings. The Morgan fingerprint density at radius 3 is 2.48 bits per heavy atom. The van der Waals surface area contributed by atoms with Gasteiger partial charge in [0.25, 0.3) is 0 Å². The van der Waals surface area contributed by atoms with Gasteiger partial charge in [-0.05, 0) is 51.3 Å². The van der Waals surface area contributed by atoms with Gasteiger partial charge in [0, 0.05) is 5.56 Å². The lowest BCUT2D eigenvalue weighted by molar-refractivity contribution is -0.143. The van der Waals surface area contributed by atoms with Crippen LogP contribution in [0.2, 0.25) is 0 Å². The summed E-state index contributed by atoms with van der Waals surface area (Å²) in [5, 5.41) is 9.17. The Hall–Kier alpha value is -1.75. The Balaban J connectivity index is 3.06. The number of nitrogens with two attached hydrogens (primary N) is 1. The van der Waals surface area contributed by atoms with E-state index in [0.29, 0.717) is 19.6 Å². The maximum absolute atomic E-state index is 11.2. The van der Waals surface area contributed by atoms with E-state index in [1.54, 1.807) is 0 Å². The quantitative estimate of drug-likeness (QED) is 0.770. The summed E-state index contributed by atoms with van der Waals surface area (Å²) < 4.78 is 11.1. The molecule has 0 saturated carbocycles. The number of hydrogen-bond donors (Lipinski definition) is 2. The third-order valence-corrected chi connectivity index (χ3v) is 3.34. The maximum atomic E-state index is 11.2. The van der Waals surface area contributed by atoms with E-state index < -0.39 is 11.5 Å². The first kappa shape index (κ1) is 17.3. The molecule has 1 aromatic carbocycles. The van der Waals surface area contributed by atoms with Crippen LogP contribution in [-0.2, 0) is 4.79 Å². The Kier molecular flexibility index (Phi) is 6.03. The lowest BCUT2D eigenvalue weighted by Gasteiger charge is -2.25. The molecule has 5 nitrogen and oxygen atoms in total. The van der Waals surface area contributed by atoms with Crippen LogP contribution in [0.3, 0.4) is 0 Å². The molecule has 0 aliphatic rings. The molecule has 0 heterocycles. The van der Waals surface area contributed by atoms with Crippen LogP contribution in [0.1, 0.15) is 45.6 Å². The van der Waals surface area contributed by atoms with Crippen molar-refractivity contribution in [3.05, 3.63) is 23.8 Å². The molecule has 3 N–H and O–H groups in total. The van der Waals surface area contributed by atoms with Crippen LogP contribution in [0.15, 0.2) is 18.2 Å². The van der Waals surface area contributed by atoms with E-state index in [4.69, 9.17) is 20.3 Å². The van der Waals surface area contributed by atoms with Gasteiger partial charge in [-0.2, -0.15) is 0 Å². The highest BCUT2D eigenvalue weighted by Crippen LogP contribution is 2.34. The molecular formula is C16H25NO4. The minimum atomic E-state index is -1.27. The molecule has 118 valence electrons. The van der Waals surface area contributed by atoms with Crippen LogP contribution in [0.4, 0.5) is 0 Å². The molecule has 0 fully saturated rings. The SMILES string of the molecule is CCOc1ccc(OCC)c(C(C)CC(C)(N)C(=O)O)c1. The molecule has 0 aliphatic heterocycles. The predicted octanol–water partition coefficient (Wildman–Crippen LogP) is 2.78.